The molecule has 0 unspecified atom stereocenters. The average Bonchev–Trinajstić information content (AvgIpc) is 2.89. The van der Waals surface area contributed by atoms with Crippen LogP contribution in [0.3, 0.4) is 0 Å². The Balaban J connectivity index is 2.12. The minimum atomic E-state index is -3.91. The number of nitrogens with one attached hydrogen (secondary N) is 1. The molecule has 9 heteroatoms. The number of rotatable bonds is 11. The van der Waals surface area contributed by atoms with Gasteiger partial charge >= 0.3 is 0 Å². The summed E-state index contributed by atoms with van der Waals surface area (Å²) in [5.41, 5.74) is 1.57. The standard InChI is InChI=1S/C32H40FN3O4S/c1-23(2)26-17-11-13-19-28(26)36(41(6,39)40)22-30(37)35(21-25-16-10-12-18-27(25)33)29(31(38)34-32(3,4)5)20-24-14-8-7-9-15-24/h7-19,23,29H,20-22H2,1-6H3,(H,34,38)/t29-/m0/s1. The van der Waals surface area contributed by atoms with E-state index in [0.29, 0.717) is 5.69 Å². The van der Waals surface area contributed by atoms with E-state index in [4.69, 9.17) is 0 Å². The van der Waals surface area contributed by atoms with Gasteiger partial charge in [0, 0.05) is 24.1 Å². The maximum absolute atomic E-state index is 14.9. The van der Waals surface area contributed by atoms with Crippen LogP contribution in [0.1, 0.15) is 57.2 Å². The van der Waals surface area contributed by atoms with E-state index < -0.39 is 45.8 Å². The fourth-order valence-corrected chi connectivity index (χ4v) is 5.48. The molecule has 0 aliphatic heterocycles. The van der Waals surface area contributed by atoms with Gasteiger partial charge < -0.3 is 10.2 Å². The van der Waals surface area contributed by atoms with Crippen molar-refractivity contribution < 1.29 is 22.4 Å². The molecule has 3 aromatic carbocycles. The van der Waals surface area contributed by atoms with Gasteiger partial charge in [-0.1, -0.05) is 80.6 Å². The minimum absolute atomic E-state index is 0.0107. The lowest BCUT2D eigenvalue weighted by Crippen LogP contribution is -2.56. The molecule has 7 nitrogen and oxygen atoms in total. The summed E-state index contributed by atoms with van der Waals surface area (Å²) in [5.74, 6) is -1.57. The topological polar surface area (TPSA) is 86.8 Å². The molecule has 3 rings (SSSR count). The van der Waals surface area contributed by atoms with E-state index in [9.17, 15) is 22.4 Å². The van der Waals surface area contributed by atoms with Crippen molar-refractivity contribution in [2.24, 2.45) is 0 Å². The molecule has 0 radical (unpaired) electrons. The molecule has 1 atom stereocenters. The summed E-state index contributed by atoms with van der Waals surface area (Å²) in [6.45, 7) is 8.62. The largest absolute Gasteiger partial charge is 0.350 e. The fourth-order valence-electron chi connectivity index (χ4n) is 4.61. The van der Waals surface area contributed by atoms with Gasteiger partial charge in [-0.25, -0.2) is 12.8 Å². The van der Waals surface area contributed by atoms with Crippen molar-refractivity contribution in [2.75, 3.05) is 17.1 Å². The number of hydrogen-bond donors (Lipinski definition) is 1. The van der Waals surface area contributed by atoms with Crippen molar-refractivity contribution in [3.05, 3.63) is 101 Å². The Kier molecular flexibility index (Phi) is 10.3. The van der Waals surface area contributed by atoms with Gasteiger partial charge in [0.05, 0.1) is 11.9 Å². The molecule has 41 heavy (non-hydrogen) atoms. The zero-order valence-electron chi connectivity index (χ0n) is 24.6. The van der Waals surface area contributed by atoms with Crippen molar-refractivity contribution in [2.45, 2.75) is 65.1 Å². The maximum Gasteiger partial charge on any atom is 0.244 e. The van der Waals surface area contributed by atoms with Crippen LogP contribution in [-0.2, 0) is 32.6 Å². The molecule has 2 amide bonds. The molecule has 220 valence electrons. The predicted molar refractivity (Wildman–Crippen MR) is 162 cm³/mol. The van der Waals surface area contributed by atoms with Crippen LogP contribution in [0.15, 0.2) is 78.9 Å². The van der Waals surface area contributed by atoms with Gasteiger partial charge in [-0.3, -0.25) is 13.9 Å². The van der Waals surface area contributed by atoms with Gasteiger partial charge in [-0.15, -0.1) is 0 Å². The summed E-state index contributed by atoms with van der Waals surface area (Å²) in [5, 5.41) is 2.96. The van der Waals surface area contributed by atoms with E-state index in [-0.39, 0.29) is 24.4 Å². The van der Waals surface area contributed by atoms with Gasteiger partial charge in [-0.2, -0.15) is 0 Å². The molecule has 0 spiro atoms. The lowest BCUT2D eigenvalue weighted by molar-refractivity contribution is -0.140. The zero-order valence-corrected chi connectivity index (χ0v) is 25.4. The molecule has 0 fully saturated rings. The summed E-state index contributed by atoms with van der Waals surface area (Å²) < 4.78 is 42.1. The van der Waals surface area contributed by atoms with E-state index in [1.807, 2.05) is 77.1 Å². The SMILES string of the molecule is CC(C)c1ccccc1N(CC(=O)N(Cc1ccccc1F)[C@@H](Cc1ccccc1)C(=O)NC(C)(C)C)S(C)(=O)=O. The monoisotopic (exact) mass is 581 g/mol. The third kappa shape index (κ3) is 8.88. The molecule has 0 aliphatic rings. The van der Waals surface area contributed by atoms with Crippen LogP contribution in [0, 0.1) is 5.82 Å². The minimum Gasteiger partial charge on any atom is -0.350 e. The highest BCUT2D eigenvalue weighted by atomic mass is 32.2. The van der Waals surface area contributed by atoms with E-state index in [2.05, 4.69) is 5.32 Å². The Morgan fingerprint density at radius 3 is 2.07 bits per heavy atom. The Hall–Kier alpha value is -3.72. The van der Waals surface area contributed by atoms with Crippen molar-refractivity contribution in [1.82, 2.24) is 10.2 Å². The first-order valence-corrected chi connectivity index (χ1v) is 15.5. The highest BCUT2D eigenvalue weighted by Crippen LogP contribution is 2.29. The summed E-state index contributed by atoms with van der Waals surface area (Å²) in [6.07, 6.45) is 1.21. The van der Waals surface area contributed by atoms with Crippen LogP contribution < -0.4 is 9.62 Å². The Bertz CT molecular complexity index is 1450. The summed E-state index contributed by atoms with van der Waals surface area (Å²) in [4.78, 5) is 29.2. The average molecular weight is 582 g/mol. The van der Waals surface area contributed by atoms with Crippen LogP contribution in [-0.4, -0.2) is 49.5 Å². The Morgan fingerprint density at radius 1 is 0.902 bits per heavy atom. The number of benzene rings is 3. The highest BCUT2D eigenvalue weighted by Gasteiger charge is 2.35. The van der Waals surface area contributed by atoms with Gasteiger partial charge in [0.25, 0.3) is 0 Å². The molecule has 0 bridgehead atoms. The predicted octanol–water partition coefficient (Wildman–Crippen LogP) is 5.27. The molecule has 3 aromatic rings. The number of sulfonamides is 1. The van der Waals surface area contributed by atoms with Crippen LogP contribution in [0.2, 0.25) is 0 Å². The van der Waals surface area contributed by atoms with Crippen molar-refractivity contribution in [3.63, 3.8) is 0 Å². The first kappa shape index (κ1) is 31.8. The fraction of sp³-hybridized carbons (Fsp3) is 0.375. The van der Waals surface area contributed by atoms with Gasteiger partial charge in [-0.05, 0) is 49.9 Å². The van der Waals surface area contributed by atoms with Gasteiger partial charge in [0.2, 0.25) is 21.8 Å². The molecule has 0 saturated carbocycles. The molecular weight excluding hydrogens is 541 g/mol. The molecular formula is C32H40FN3O4S. The Labute approximate surface area is 243 Å². The zero-order chi connectivity index (χ0) is 30.4. The number of hydrogen-bond acceptors (Lipinski definition) is 4. The van der Waals surface area contributed by atoms with Gasteiger partial charge in [0.1, 0.15) is 18.4 Å². The first-order valence-electron chi connectivity index (χ1n) is 13.6. The lowest BCUT2D eigenvalue weighted by atomic mass is 10.00. The second kappa shape index (κ2) is 13.3. The first-order chi connectivity index (χ1) is 19.2. The molecule has 1 N–H and O–H groups in total. The van der Waals surface area contributed by atoms with E-state index in [1.165, 1.54) is 11.0 Å². The van der Waals surface area contributed by atoms with Crippen molar-refractivity contribution in [1.29, 1.82) is 0 Å². The number of carbonyl (C=O) groups is 2. The van der Waals surface area contributed by atoms with Gasteiger partial charge in [0.15, 0.2) is 0 Å². The number of para-hydroxylation sites is 1. The summed E-state index contributed by atoms with van der Waals surface area (Å²) in [7, 11) is -3.91. The third-order valence-electron chi connectivity index (χ3n) is 6.57. The Morgan fingerprint density at radius 2 is 1.49 bits per heavy atom. The van der Waals surface area contributed by atoms with Crippen molar-refractivity contribution >= 4 is 27.5 Å². The van der Waals surface area contributed by atoms with Crippen LogP contribution >= 0.6 is 0 Å². The van der Waals surface area contributed by atoms with E-state index in [0.717, 1.165) is 21.7 Å². The van der Waals surface area contributed by atoms with E-state index >= 15 is 0 Å². The second-order valence-corrected chi connectivity index (χ2v) is 13.4. The number of anilines is 1. The quantitative estimate of drug-likeness (QED) is 0.334. The normalized spacial score (nSPS) is 12.6. The molecule has 0 aromatic heterocycles. The molecule has 0 saturated heterocycles. The smallest absolute Gasteiger partial charge is 0.244 e. The van der Waals surface area contributed by atoms with E-state index in [1.54, 1.807) is 30.3 Å². The molecule has 0 aliphatic carbocycles. The van der Waals surface area contributed by atoms with Crippen LogP contribution in [0.25, 0.3) is 0 Å². The summed E-state index contributed by atoms with van der Waals surface area (Å²) >= 11 is 0. The third-order valence-corrected chi connectivity index (χ3v) is 7.70. The van der Waals surface area contributed by atoms with Crippen molar-refractivity contribution in [3.8, 4) is 0 Å². The lowest BCUT2D eigenvalue weighted by Gasteiger charge is -2.35. The highest BCUT2D eigenvalue weighted by molar-refractivity contribution is 7.92. The number of halogens is 1. The number of nitrogens with zero attached hydrogens (tertiary/aromatic N) is 2. The summed E-state index contributed by atoms with van der Waals surface area (Å²) in [6, 6.07) is 21.3. The number of carbonyl (C=O) groups excluding carboxylic acids is 2. The van der Waals surface area contributed by atoms with Crippen LogP contribution in [0.5, 0.6) is 0 Å². The van der Waals surface area contributed by atoms with Crippen LogP contribution in [0.4, 0.5) is 10.1 Å². The maximum atomic E-state index is 14.9. The number of amides is 2. The second-order valence-electron chi connectivity index (χ2n) is 11.5. The molecule has 0 heterocycles.